The molecular formula is C18H16ClN5O2. The summed E-state index contributed by atoms with van der Waals surface area (Å²) in [4.78, 5) is 12.4. The number of benzene rings is 1. The van der Waals surface area contributed by atoms with Gasteiger partial charge in [0.05, 0.1) is 12.8 Å². The molecule has 0 aliphatic carbocycles. The molecule has 0 bridgehead atoms. The highest BCUT2D eigenvalue weighted by Crippen LogP contribution is 2.42. The first-order valence-corrected chi connectivity index (χ1v) is 8.48. The molecule has 8 heteroatoms. The van der Waals surface area contributed by atoms with Gasteiger partial charge in [-0.25, -0.2) is 0 Å². The van der Waals surface area contributed by atoms with Crippen LogP contribution in [0.3, 0.4) is 0 Å². The van der Waals surface area contributed by atoms with E-state index in [1.165, 1.54) is 0 Å². The molecule has 1 amide bonds. The number of methoxy groups -OCH3 is 1. The van der Waals surface area contributed by atoms with Gasteiger partial charge in [0.2, 0.25) is 5.91 Å². The second-order valence-corrected chi connectivity index (χ2v) is 6.41. The van der Waals surface area contributed by atoms with Crippen molar-refractivity contribution in [3.8, 4) is 11.6 Å². The number of para-hydroxylation sites is 1. The monoisotopic (exact) mass is 369 g/mol. The molecule has 1 aromatic carbocycles. The van der Waals surface area contributed by atoms with Crippen molar-refractivity contribution in [2.75, 3.05) is 12.4 Å². The second kappa shape index (κ2) is 6.42. The first-order valence-electron chi connectivity index (χ1n) is 8.10. The number of ether oxygens (including phenoxy) is 1. The molecule has 0 spiro atoms. The van der Waals surface area contributed by atoms with Crippen LogP contribution < -0.4 is 10.1 Å². The molecule has 3 heterocycles. The van der Waals surface area contributed by atoms with Crippen molar-refractivity contribution in [2.45, 2.75) is 19.3 Å². The Kier molecular flexibility index (Phi) is 4.08. The fraction of sp³-hybridized carbons (Fsp3) is 0.222. The Bertz CT molecular complexity index is 984. The van der Waals surface area contributed by atoms with Crippen molar-refractivity contribution < 1.29 is 9.53 Å². The quantitative estimate of drug-likeness (QED) is 0.767. The first kappa shape index (κ1) is 16.5. The highest BCUT2D eigenvalue weighted by Gasteiger charge is 2.34. The molecule has 4 rings (SSSR count). The van der Waals surface area contributed by atoms with Crippen molar-refractivity contribution in [3.63, 3.8) is 0 Å². The number of rotatable bonds is 3. The molecule has 7 nitrogen and oxygen atoms in total. The lowest BCUT2D eigenvalue weighted by molar-refractivity contribution is -0.116. The summed E-state index contributed by atoms with van der Waals surface area (Å²) in [6, 6.07) is 11.1. The van der Waals surface area contributed by atoms with Crippen molar-refractivity contribution in [1.82, 2.24) is 20.0 Å². The Morgan fingerprint density at radius 3 is 2.77 bits per heavy atom. The van der Waals surface area contributed by atoms with Crippen LogP contribution in [0.25, 0.3) is 5.82 Å². The molecule has 1 N–H and O–H groups in total. The Morgan fingerprint density at radius 2 is 2.04 bits per heavy atom. The fourth-order valence-corrected chi connectivity index (χ4v) is 3.46. The number of hydrogen-bond donors (Lipinski definition) is 1. The van der Waals surface area contributed by atoms with Gasteiger partial charge in [0, 0.05) is 23.5 Å². The van der Waals surface area contributed by atoms with Crippen LogP contribution in [-0.4, -0.2) is 33.0 Å². The normalized spacial score (nSPS) is 16.1. The summed E-state index contributed by atoms with van der Waals surface area (Å²) in [5.74, 6) is 1.60. The van der Waals surface area contributed by atoms with E-state index >= 15 is 0 Å². The van der Waals surface area contributed by atoms with Crippen LogP contribution in [-0.2, 0) is 4.79 Å². The summed E-state index contributed by atoms with van der Waals surface area (Å²) in [6.45, 7) is 1.92. The molecule has 1 aliphatic rings. The average molecular weight is 370 g/mol. The summed E-state index contributed by atoms with van der Waals surface area (Å²) in [7, 11) is 1.63. The van der Waals surface area contributed by atoms with Gasteiger partial charge in [0.25, 0.3) is 0 Å². The Balaban J connectivity index is 1.89. The first-order chi connectivity index (χ1) is 12.6. The lowest BCUT2D eigenvalue weighted by atomic mass is 9.85. The van der Waals surface area contributed by atoms with Gasteiger partial charge in [-0.1, -0.05) is 29.8 Å². The number of anilines is 1. The van der Waals surface area contributed by atoms with E-state index in [-0.39, 0.29) is 11.8 Å². The molecule has 1 aliphatic heterocycles. The van der Waals surface area contributed by atoms with E-state index in [1.807, 2.05) is 31.2 Å². The number of halogens is 1. The van der Waals surface area contributed by atoms with Gasteiger partial charge in [0.15, 0.2) is 11.0 Å². The van der Waals surface area contributed by atoms with Gasteiger partial charge < -0.3 is 10.1 Å². The van der Waals surface area contributed by atoms with E-state index in [2.05, 4.69) is 20.6 Å². The number of fused-ring (bicyclic) bond motifs is 1. The van der Waals surface area contributed by atoms with Crippen LogP contribution in [0.4, 0.5) is 5.82 Å². The maximum atomic E-state index is 12.4. The van der Waals surface area contributed by atoms with Crippen LogP contribution >= 0.6 is 11.6 Å². The highest BCUT2D eigenvalue weighted by atomic mass is 35.5. The van der Waals surface area contributed by atoms with Gasteiger partial charge in [0.1, 0.15) is 11.6 Å². The molecule has 3 aromatic rings. The van der Waals surface area contributed by atoms with Gasteiger partial charge in [-0.3, -0.25) is 4.79 Å². The zero-order chi connectivity index (χ0) is 18.3. The minimum atomic E-state index is -0.149. The topological polar surface area (TPSA) is 81.9 Å². The van der Waals surface area contributed by atoms with Crippen LogP contribution in [0, 0.1) is 6.92 Å². The minimum Gasteiger partial charge on any atom is -0.496 e. The zero-order valence-corrected chi connectivity index (χ0v) is 15.0. The number of carbonyl (C=O) groups excluding carboxylic acids is 1. The Labute approximate surface area is 155 Å². The maximum absolute atomic E-state index is 12.4. The molecule has 0 saturated carbocycles. The number of aryl methyl sites for hydroxylation is 1. The van der Waals surface area contributed by atoms with Crippen molar-refractivity contribution in [2.24, 2.45) is 0 Å². The lowest BCUT2D eigenvalue weighted by Gasteiger charge is -2.25. The molecule has 0 fully saturated rings. The summed E-state index contributed by atoms with van der Waals surface area (Å²) in [6.07, 6.45) is 0.326. The third-order valence-corrected chi connectivity index (χ3v) is 4.65. The van der Waals surface area contributed by atoms with E-state index in [1.54, 1.807) is 23.9 Å². The molecular weight excluding hydrogens is 354 g/mol. The van der Waals surface area contributed by atoms with Gasteiger partial charge in [-0.15, -0.1) is 10.2 Å². The predicted molar refractivity (Wildman–Crippen MR) is 97.0 cm³/mol. The summed E-state index contributed by atoms with van der Waals surface area (Å²) < 4.78 is 7.09. The highest BCUT2D eigenvalue weighted by molar-refractivity contribution is 6.29. The molecule has 0 unspecified atom stereocenters. The Hall–Kier alpha value is -2.93. The van der Waals surface area contributed by atoms with Crippen LogP contribution in [0.5, 0.6) is 5.75 Å². The van der Waals surface area contributed by atoms with Crippen LogP contribution in [0.15, 0.2) is 36.4 Å². The van der Waals surface area contributed by atoms with E-state index in [9.17, 15) is 4.79 Å². The lowest BCUT2D eigenvalue weighted by Crippen LogP contribution is -2.25. The number of aromatic nitrogens is 4. The second-order valence-electron chi connectivity index (χ2n) is 6.02. The van der Waals surface area contributed by atoms with Gasteiger partial charge >= 0.3 is 0 Å². The molecule has 2 aromatic heterocycles. The molecule has 0 saturated heterocycles. The van der Waals surface area contributed by atoms with E-state index < -0.39 is 0 Å². The molecule has 132 valence electrons. The van der Waals surface area contributed by atoms with E-state index in [4.69, 9.17) is 16.3 Å². The standard InChI is InChI=1S/C18H16ClN5O2/c1-10-17-12(11-5-3-4-6-13(11)26-2)9-16(25)20-18(17)24(23-10)15-8-7-14(19)21-22-15/h3-8,12H,9H2,1-2H3,(H,20,25)/t12-/m0/s1. The number of carbonyl (C=O) groups is 1. The number of nitrogens with one attached hydrogen (secondary N) is 1. The van der Waals surface area contributed by atoms with Crippen LogP contribution in [0.1, 0.15) is 29.2 Å². The summed E-state index contributed by atoms with van der Waals surface area (Å²) >= 11 is 5.82. The average Bonchev–Trinajstić information content (AvgIpc) is 2.98. The molecule has 0 radical (unpaired) electrons. The smallest absolute Gasteiger partial charge is 0.226 e. The molecule has 26 heavy (non-hydrogen) atoms. The van der Waals surface area contributed by atoms with Crippen molar-refractivity contribution in [1.29, 1.82) is 0 Å². The van der Waals surface area contributed by atoms with Crippen LogP contribution in [0.2, 0.25) is 5.15 Å². The van der Waals surface area contributed by atoms with Crippen molar-refractivity contribution >= 4 is 23.3 Å². The third kappa shape index (κ3) is 2.70. The van der Waals surface area contributed by atoms with E-state index in [0.29, 0.717) is 23.2 Å². The number of amides is 1. The largest absolute Gasteiger partial charge is 0.496 e. The summed E-state index contributed by atoms with van der Waals surface area (Å²) in [5.41, 5.74) is 2.72. The predicted octanol–water partition coefficient (Wildman–Crippen LogP) is 3.11. The third-order valence-electron chi connectivity index (χ3n) is 4.45. The fourth-order valence-electron chi connectivity index (χ4n) is 3.35. The van der Waals surface area contributed by atoms with Gasteiger partial charge in [-0.05, 0) is 25.1 Å². The van der Waals surface area contributed by atoms with E-state index in [0.717, 1.165) is 22.6 Å². The number of nitrogens with zero attached hydrogens (tertiary/aromatic N) is 4. The molecule has 1 atom stereocenters. The zero-order valence-electron chi connectivity index (χ0n) is 14.2. The minimum absolute atomic E-state index is 0.0866. The number of hydrogen-bond acceptors (Lipinski definition) is 5. The maximum Gasteiger partial charge on any atom is 0.226 e. The summed E-state index contributed by atoms with van der Waals surface area (Å²) in [5, 5.41) is 15.7. The van der Waals surface area contributed by atoms with Gasteiger partial charge in [-0.2, -0.15) is 9.78 Å². The Morgan fingerprint density at radius 1 is 1.23 bits per heavy atom. The SMILES string of the molecule is COc1ccccc1[C@@H]1CC(=O)Nc2c1c(C)nn2-c1ccc(Cl)nn1. The van der Waals surface area contributed by atoms with Crippen molar-refractivity contribution in [3.05, 3.63) is 58.4 Å².